The van der Waals surface area contributed by atoms with Crippen LogP contribution in [0, 0.1) is 0 Å². The van der Waals surface area contributed by atoms with Crippen LogP contribution in [-0.4, -0.2) is 23.5 Å². The van der Waals surface area contributed by atoms with Gasteiger partial charge in [-0.3, -0.25) is 9.88 Å². The fourth-order valence-corrected chi connectivity index (χ4v) is 1.90. The smallest absolute Gasteiger partial charge is 0.0576 e. The van der Waals surface area contributed by atoms with Crippen LogP contribution in [0.4, 0.5) is 5.69 Å². The molecule has 2 N–H and O–H groups in total. The van der Waals surface area contributed by atoms with Crippen molar-refractivity contribution >= 4 is 5.69 Å². The highest BCUT2D eigenvalue weighted by Crippen LogP contribution is 2.28. The molecule has 1 aromatic heterocycles. The first kappa shape index (κ1) is 8.51. The zero-order valence-electron chi connectivity index (χ0n) is 7.90. The van der Waals surface area contributed by atoms with Crippen molar-refractivity contribution in [3.8, 4) is 0 Å². The summed E-state index contributed by atoms with van der Waals surface area (Å²) in [6.07, 6.45) is 4.22. The first-order valence-electron chi connectivity index (χ1n) is 4.69. The summed E-state index contributed by atoms with van der Waals surface area (Å²) in [5.74, 6) is 0. The van der Waals surface area contributed by atoms with Crippen LogP contribution >= 0.6 is 0 Å². The third-order valence-corrected chi connectivity index (χ3v) is 2.67. The molecule has 0 radical (unpaired) electrons. The summed E-state index contributed by atoms with van der Waals surface area (Å²) in [7, 11) is 2.15. The molecule has 2 heterocycles. The van der Waals surface area contributed by atoms with Gasteiger partial charge in [-0.05, 0) is 38.6 Å². The minimum absolute atomic E-state index is 0.501. The Hall–Kier alpha value is -1.09. The van der Waals surface area contributed by atoms with E-state index in [1.165, 1.54) is 19.4 Å². The van der Waals surface area contributed by atoms with E-state index in [1.807, 2.05) is 12.1 Å². The Balaban J connectivity index is 2.20. The van der Waals surface area contributed by atoms with Crippen molar-refractivity contribution in [1.29, 1.82) is 0 Å². The van der Waals surface area contributed by atoms with E-state index in [4.69, 9.17) is 5.73 Å². The molecule has 0 aromatic carbocycles. The van der Waals surface area contributed by atoms with Gasteiger partial charge in [-0.1, -0.05) is 0 Å². The van der Waals surface area contributed by atoms with E-state index in [1.54, 1.807) is 6.20 Å². The van der Waals surface area contributed by atoms with Gasteiger partial charge in [0.15, 0.2) is 0 Å². The maximum absolute atomic E-state index is 5.58. The molecule has 1 aliphatic rings. The molecule has 0 spiro atoms. The number of anilines is 1. The molecule has 1 aliphatic heterocycles. The number of nitrogen functional groups attached to an aromatic ring is 1. The molecule has 0 aliphatic carbocycles. The summed E-state index contributed by atoms with van der Waals surface area (Å²) in [4.78, 5) is 6.69. The first-order valence-corrected chi connectivity index (χ1v) is 4.69. The van der Waals surface area contributed by atoms with Gasteiger partial charge in [0.05, 0.1) is 23.6 Å². The molecular weight excluding hydrogens is 162 g/mol. The molecule has 1 fully saturated rings. The van der Waals surface area contributed by atoms with Crippen LogP contribution in [0.2, 0.25) is 0 Å². The van der Waals surface area contributed by atoms with E-state index < -0.39 is 0 Å². The molecule has 2 rings (SSSR count). The van der Waals surface area contributed by atoms with Gasteiger partial charge >= 0.3 is 0 Å². The number of nitrogens with zero attached hydrogens (tertiary/aromatic N) is 2. The molecule has 0 amide bonds. The lowest BCUT2D eigenvalue weighted by Gasteiger charge is -2.18. The number of likely N-dealkylation sites (tertiary alicyclic amines) is 1. The number of rotatable bonds is 1. The van der Waals surface area contributed by atoms with Crippen molar-refractivity contribution in [2.45, 2.75) is 18.9 Å². The second-order valence-corrected chi connectivity index (χ2v) is 3.66. The summed E-state index contributed by atoms with van der Waals surface area (Å²) >= 11 is 0. The molecule has 70 valence electrons. The topological polar surface area (TPSA) is 42.1 Å². The maximum Gasteiger partial charge on any atom is 0.0576 e. The predicted octanol–water partition coefficient (Wildman–Crippen LogP) is 1.43. The van der Waals surface area contributed by atoms with Gasteiger partial charge in [0.2, 0.25) is 0 Å². The Bertz CT molecular complexity index is 281. The lowest BCUT2D eigenvalue weighted by Crippen LogP contribution is -2.18. The standard InChI is InChI=1S/C10H15N3/c1-13-6-2-3-10(13)9-5-4-8(11)7-12-9/h4-5,7,10H,2-3,6,11H2,1H3. The SMILES string of the molecule is CN1CCCC1c1ccc(N)cn1. The molecule has 3 heteroatoms. The van der Waals surface area contributed by atoms with E-state index in [0.29, 0.717) is 6.04 Å². The quantitative estimate of drug-likeness (QED) is 0.705. The van der Waals surface area contributed by atoms with Gasteiger partial charge in [-0.25, -0.2) is 0 Å². The highest BCUT2D eigenvalue weighted by molar-refractivity contribution is 5.35. The summed E-state index contributed by atoms with van der Waals surface area (Å²) in [5, 5.41) is 0. The third kappa shape index (κ3) is 1.65. The highest BCUT2D eigenvalue weighted by Gasteiger charge is 2.23. The van der Waals surface area contributed by atoms with E-state index >= 15 is 0 Å². The zero-order chi connectivity index (χ0) is 9.26. The molecule has 13 heavy (non-hydrogen) atoms. The van der Waals surface area contributed by atoms with Crippen molar-refractivity contribution in [1.82, 2.24) is 9.88 Å². The van der Waals surface area contributed by atoms with Gasteiger partial charge < -0.3 is 5.73 Å². The van der Waals surface area contributed by atoms with Crippen molar-refractivity contribution in [2.24, 2.45) is 0 Å². The predicted molar refractivity (Wildman–Crippen MR) is 53.3 cm³/mol. The average Bonchev–Trinajstić information content (AvgIpc) is 2.53. The van der Waals surface area contributed by atoms with Crippen LogP contribution in [0.3, 0.4) is 0 Å². The lowest BCUT2D eigenvalue weighted by molar-refractivity contribution is 0.312. The molecule has 1 aromatic rings. The Morgan fingerprint density at radius 2 is 2.38 bits per heavy atom. The average molecular weight is 177 g/mol. The number of hydrogen-bond acceptors (Lipinski definition) is 3. The minimum atomic E-state index is 0.501. The summed E-state index contributed by atoms with van der Waals surface area (Å²) in [5.41, 5.74) is 7.47. The van der Waals surface area contributed by atoms with Crippen molar-refractivity contribution in [3.05, 3.63) is 24.0 Å². The fraction of sp³-hybridized carbons (Fsp3) is 0.500. The van der Waals surface area contributed by atoms with Gasteiger partial charge in [-0.15, -0.1) is 0 Å². The zero-order valence-corrected chi connectivity index (χ0v) is 7.90. The van der Waals surface area contributed by atoms with Gasteiger partial charge in [0, 0.05) is 0 Å². The minimum Gasteiger partial charge on any atom is -0.397 e. The van der Waals surface area contributed by atoms with Crippen molar-refractivity contribution in [3.63, 3.8) is 0 Å². The monoisotopic (exact) mass is 177 g/mol. The van der Waals surface area contributed by atoms with E-state index in [0.717, 1.165) is 11.4 Å². The van der Waals surface area contributed by atoms with Crippen molar-refractivity contribution < 1.29 is 0 Å². The highest BCUT2D eigenvalue weighted by atomic mass is 15.2. The normalized spacial score (nSPS) is 23.6. The number of nitrogens with two attached hydrogens (primary N) is 1. The van der Waals surface area contributed by atoms with Crippen LogP contribution in [-0.2, 0) is 0 Å². The van der Waals surface area contributed by atoms with E-state index in [-0.39, 0.29) is 0 Å². The third-order valence-electron chi connectivity index (χ3n) is 2.67. The van der Waals surface area contributed by atoms with Crippen LogP contribution in [0.1, 0.15) is 24.6 Å². The second kappa shape index (κ2) is 3.34. The summed E-state index contributed by atoms with van der Waals surface area (Å²) in [6, 6.07) is 4.46. The van der Waals surface area contributed by atoms with Crippen LogP contribution < -0.4 is 5.73 Å². The molecule has 3 nitrogen and oxygen atoms in total. The Labute approximate surface area is 78.6 Å². The largest absolute Gasteiger partial charge is 0.397 e. The van der Waals surface area contributed by atoms with E-state index in [2.05, 4.69) is 16.9 Å². The number of hydrogen-bond donors (Lipinski definition) is 1. The van der Waals surface area contributed by atoms with Crippen LogP contribution in [0.5, 0.6) is 0 Å². The maximum atomic E-state index is 5.58. The molecule has 0 bridgehead atoms. The van der Waals surface area contributed by atoms with Crippen LogP contribution in [0.25, 0.3) is 0 Å². The summed E-state index contributed by atoms with van der Waals surface area (Å²) < 4.78 is 0. The van der Waals surface area contributed by atoms with Crippen LogP contribution in [0.15, 0.2) is 18.3 Å². The molecule has 1 saturated heterocycles. The van der Waals surface area contributed by atoms with E-state index in [9.17, 15) is 0 Å². The molecule has 1 unspecified atom stereocenters. The Morgan fingerprint density at radius 1 is 1.54 bits per heavy atom. The first-order chi connectivity index (χ1) is 6.27. The Kier molecular flexibility index (Phi) is 2.19. The second-order valence-electron chi connectivity index (χ2n) is 3.66. The number of pyridine rings is 1. The van der Waals surface area contributed by atoms with Gasteiger partial charge in [0.25, 0.3) is 0 Å². The molecular formula is C10H15N3. The van der Waals surface area contributed by atoms with Gasteiger partial charge in [0.1, 0.15) is 0 Å². The number of aromatic nitrogens is 1. The summed E-state index contributed by atoms with van der Waals surface area (Å²) in [6.45, 7) is 1.18. The molecule has 1 atom stereocenters. The van der Waals surface area contributed by atoms with Crippen molar-refractivity contribution in [2.75, 3.05) is 19.3 Å². The molecule has 0 saturated carbocycles. The van der Waals surface area contributed by atoms with Gasteiger partial charge in [-0.2, -0.15) is 0 Å². The fourth-order valence-electron chi connectivity index (χ4n) is 1.90. The Morgan fingerprint density at radius 3 is 2.92 bits per heavy atom. The lowest BCUT2D eigenvalue weighted by atomic mass is 10.1.